The maximum absolute atomic E-state index is 11.5. The molecule has 0 saturated carbocycles. The van der Waals surface area contributed by atoms with Gasteiger partial charge in [-0.25, -0.2) is 4.79 Å². The minimum atomic E-state index is -0.484. The standard InChI is InChI=1S/C12H14O3S/c1-14-11(12(13)15-2)10-7-8-5-3-4-6-9(8)16-10/h3-6,10-11H,7H2,1-2H3. The van der Waals surface area contributed by atoms with Gasteiger partial charge in [0, 0.05) is 12.0 Å². The van der Waals surface area contributed by atoms with Gasteiger partial charge in [-0.1, -0.05) is 18.2 Å². The molecule has 2 atom stereocenters. The quantitative estimate of drug-likeness (QED) is 0.753. The molecular weight excluding hydrogens is 224 g/mol. The fraction of sp³-hybridized carbons (Fsp3) is 0.417. The minimum absolute atomic E-state index is 0.120. The number of esters is 1. The summed E-state index contributed by atoms with van der Waals surface area (Å²) in [5, 5.41) is 0.120. The van der Waals surface area contributed by atoms with Crippen LogP contribution in [-0.2, 0) is 20.7 Å². The number of ether oxygens (including phenoxy) is 2. The highest BCUT2D eigenvalue weighted by atomic mass is 32.2. The first-order valence-electron chi connectivity index (χ1n) is 5.11. The molecule has 3 nitrogen and oxygen atoms in total. The van der Waals surface area contributed by atoms with Gasteiger partial charge in [0.25, 0.3) is 0 Å². The average Bonchev–Trinajstić information content (AvgIpc) is 2.72. The summed E-state index contributed by atoms with van der Waals surface area (Å²) in [6.45, 7) is 0. The number of hydrogen-bond donors (Lipinski definition) is 0. The molecule has 1 aromatic rings. The maximum Gasteiger partial charge on any atom is 0.336 e. The van der Waals surface area contributed by atoms with Crippen molar-refractivity contribution in [3.8, 4) is 0 Å². The van der Waals surface area contributed by atoms with Crippen LogP contribution < -0.4 is 0 Å². The Labute approximate surface area is 99.1 Å². The lowest BCUT2D eigenvalue weighted by molar-refractivity contribution is -0.152. The van der Waals surface area contributed by atoms with E-state index in [-0.39, 0.29) is 11.2 Å². The van der Waals surface area contributed by atoms with Crippen LogP contribution in [0.15, 0.2) is 29.2 Å². The van der Waals surface area contributed by atoms with E-state index in [2.05, 4.69) is 12.1 Å². The van der Waals surface area contributed by atoms with Gasteiger partial charge in [-0.3, -0.25) is 0 Å². The van der Waals surface area contributed by atoms with Gasteiger partial charge in [0.1, 0.15) is 0 Å². The molecule has 1 aromatic carbocycles. The number of methoxy groups -OCH3 is 2. The molecule has 0 saturated heterocycles. The first kappa shape index (κ1) is 11.5. The molecule has 1 aliphatic rings. The third-order valence-corrected chi connectivity index (χ3v) is 4.07. The molecule has 1 aliphatic heterocycles. The smallest absolute Gasteiger partial charge is 0.336 e. The van der Waals surface area contributed by atoms with Crippen molar-refractivity contribution in [2.24, 2.45) is 0 Å². The molecule has 0 radical (unpaired) electrons. The van der Waals surface area contributed by atoms with Crippen molar-refractivity contribution in [2.45, 2.75) is 22.7 Å². The molecule has 16 heavy (non-hydrogen) atoms. The Balaban J connectivity index is 2.12. The molecule has 0 aliphatic carbocycles. The van der Waals surface area contributed by atoms with Gasteiger partial charge in [-0.05, 0) is 18.1 Å². The normalized spacial score (nSPS) is 20.2. The van der Waals surface area contributed by atoms with Crippen molar-refractivity contribution >= 4 is 17.7 Å². The molecule has 2 rings (SSSR count). The van der Waals surface area contributed by atoms with E-state index in [1.54, 1.807) is 18.9 Å². The summed E-state index contributed by atoms with van der Waals surface area (Å²) in [6, 6.07) is 8.19. The van der Waals surface area contributed by atoms with Crippen LogP contribution in [0.3, 0.4) is 0 Å². The van der Waals surface area contributed by atoms with E-state index in [9.17, 15) is 4.79 Å². The van der Waals surface area contributed by atoms with Crippen LogP contribution >= 0.6 is 11.8 Å². The molecule has 4 heteroatoms. The molecule has 86 valence electrons. The zero-order chi connectivity index (χ0) is 11.5. The molecule has 0 aromatic heterocycles. The molecule has 0 bridgehead atoms. The number of carbonyl (C=O) groups excluding carboxylic acids is 1. The zero-order valence-electron chi connectivity index (χ0n) is 9.30. The topological polar surface area (TPSA) is 35.5 Å². The Kier molecular flexibility index (Phi) is 3.51. The Hall–Kier alpha value is -1.00. The largest absolute Gasteiger partial charge is 0.467 e. The first-order valence-corrected chi connectivity index (χ1v) is 5.99. The molecule has 0 amide bonds. The van der Waals surface area contributed by atoms with Crippen molar-refractivity contribution in [1.29, 1.82) is 0 Å². The Morgan fingerprint density at radius 3 is 2.81 bits per heavy atom. The number of hydrogen-bond acceptors (Lipinski definition) is 4. The third kappa shape index (κ3) is 2.08. The van der Waals surface area contributed by atoms with Crippen molar-refractivity contribution < 1.29 is 14.3 Å². The monoisotopic (exact) mass is 238 g/mol. The number of benzene rings is 1. The SMILES string of the molecule is COC(=O)C(OC)C1Cc2ccccc2S1. The van der Waals surface area contributed by atoms with Gasteiger partial charge in [-0.2, -0.15) is 0 Å². The number of carbonyl (C=O) groups is 1. The van der Waals surface area contributed by atoms with Crippen LogP contribution in [-0.4, -0.2) is 31.5 Å². The van der Waals surface area contributed by atoms with E-state index in [4.69, 9.17) is 9.47 Å². The highest BCUT2D eigenvalue weighted by Gasteiger charge is 2.34. The zero-order valence-corrected chi connectivity index (χ0v) is 10.1. The summed E-state index contributed by atoms with van der Waals surface area (Å²) >= 11 is 1.69. The van der Waals surface area contributed by atoms with Crippen molar-refractivity contribution in [1.82, 2.24) is 0 Å². The second-order valence-electron chi connectivity index (χ2n) is 3.65. The van der Waals surface area contributed by atoms with Crippen LogP contribution in [0.4, 0.5) is 0 Å². The molecule has 0 spiro atoms. The van der Waals surface area contributed by atoms with Crippen LogP contribution in [0.1, 0.15) is 5.56 Å². The van der Waals surface area contributed by atoms with Crippen LogP contribution in [0.25, 0.3) is 0 Å². The number of thioether (sulfide) groups is 1. The van der Waals surface area contributed by atoms with Gasteiger partial charge in [0.2, 0.25) is 0 Å². The second kappa shape index (κ2) is 4.89. The van der Waals surface area contributed by atoms with E-state index in [0.29, 0.717) is 0 Å². The molecular formula is C12H14O3S. The highest BCUT2D eigenvalue weighted by Crippen LogP contribution is 2.39. The molecule has 1 heterocycles. The van der Waals surface area contributed by atoms with Gasteiger partial charge < -0.3 is 9.47 Å². The molecule has 2 unspecified atom stereocenters. The first-order chi connectivity index (χ1) is 7.76. The summed E-state index contributed by atoms with van der Waals surface area (Å²) in [5.41, 5.74) is 1.28. The predicted molar refractivity (Wildman–Crippen MR) is 62.6 cm³/mol. The predicted octanol–water partition coefficient (Wildman–Crippen LogP) is 1.89. The maximum atomic E-state index is 11.5. The van der Waals surface area contributed by atoms with E-state index >= 15 is 0 Å². The fourth-order valence-electron chi connectivity index (χ4n) is 1.89. The Morgan fingerprint density at radius 1 is 1.44 bits per heavy atom. The summed E-state index contributed by atoms with van der Waals surface area (Å²) in [4.78, 5) is 12.8. The summed E-state index contributed by atoms with van der Waals surface area (Å²) in [5.74, 6) is -0.298. The van der Waals surface area contributed by atoms with Crippen molar-refractivity contribution in [3.05, 3.63) is 29.8 Å². The van der Waals surface area contributed by atoms with Gasteiger partial charge in [-0.15, -0.1) is 11.8 Å². The van der Waals surface area contributed by atoms with Crippen LogP contribution in [0.2, 0.25) is 0 Å². The lowest BCUT2D eigenvalue weighted by Crippen LogP contribution is -2.34. The summed E-state index contributed by atoms with van der Waals surface area (Å²) < 4.78 is 9.96. The van der Waals surface area contributed by atoms with Crippen LogP contribution in [0, 0.1) is 0 Å². The Bertz CT molecular complexity index is 367. The summed E-state index contributed by atoms with van der Waals surface area (Å²) in [7, 11) is 2.94. The number of rotatable bonds is 3. The third-order valence-electron chi connectivity index (χ3n) is 2.70. The Morgan fingerprint density at radius 2 is 2.19 bits per heavy atom. The van der Waals surface area contributed by atoms with Crippen molar-refractivity contribution in [2.75, 3.05) is 14.2 Å². The number of fused-ring (bicyclic) bond motifs is 1. The van der Waals surface area contributed by atoms with E-state index in [0.717, 1.165) is 6.42 Å². The second-order valence-corrected chi connectivity index (χ2v) is 4.93. The lowest BCUT2D eigenvalue weighted by Gasteiger charge is -2.18. The summed E-state index contributed by atoms with van der Waals surface area (Å²) in [6.07, 6.45) is 0.372. The van der Waals surface area contributed by atoms with E-state index in [1.807, 2.05) is 12.1 Å². The lowest BCUT2D eigenvalue weighted by atomic mass is 10.1. The van der Waals surface area contributed by atoms with Crippen LogP contribution in [0.5, 0.6) is 0 Å². The minimum Gasteiger partial charge on any atom is -0.467 e. The van der Waals surface area contributed by atoms with Crippen molar-refractivity contribution in [3.63, 3.8) is 0 Å². The van der Waals surface area contributed by atoms with E-state index < -0.39 is 6.10 Å². The van der Waals surface area contributed by atoms with E-state index in [1.165, 1.54) is 17.6 Å². The van der Waals surface area contributed by atoms with Gasteiger partial charge >= 0.3 is 5.97 Å². The van der Waals surface area contributed by atoms with Gasteiger partial charge in [0.05, 0.1) is 12.4 Å². The molecule has 0 fully saturated rings. The average molecular weight is 238 g/mol. The fourth-order valence-corrected chi connectivity index (χ4v) is 3.29. The van der Waals surface area contributed by atoms with Gasteiger partial charge in [0.15, 0.2) is 6.10 Å². The highest BCUT2D eigenvalue weighted by molar-refractivity contribution is 8.00. The molecule has 0 N–H and O–H groups in total.